The van der Waals surface area contributed by atoms with Crippen LogP contribution in [0, 0.1) is 0 Å². The Morgan fingerprint density at radius 1 is 1.42 bits per heavy atom. The van der Waals surface area contributed by atoms with Crippen LogP contribution < -0.4 is 16.0 Å². The van der Waals surface area contributed by atoms with E-state index in [2.05, 4.69) is 26.0 Å². The number of aromatic nitrogens is 2. The zero-order chi connectivity index (χ0) is 22.3. The summed E-state index contributed by atoms with van der Waals surface area (Å²) in [7, 11) is 1.82. The summed E-state index contributed by atoms with van der Waals surface area (Å²) in [6.07, 6.45) is 4.76. The monoisotopic (exact) mass is 428 g/mol. The molecule has 2 unspecified atom stereocenters. The van der Waals surface area contributed by atoms with Gasteiger partial charge in [0.1, 0.15) is 11.7 Å². The summed E-state index contributed by atoms with van der Waals surface area (Å²) in [5, 5.41) is 24.2. The molecule has 168 valence electrons. The summed E-state index contributed by atoms with van der Waals surface area (Å²) < 4.78 is 7.09. The maximum Gasteiger partial charge on any atom is 0.253 e. The van der Waals surface area contributed by atoms with Gasteiger partial charge in [-0.25, -0.2) is 4.99 Å². The molecule has 0 bridgehead atoms. The zero-order valence-corrected chi connectivity index (χ0v) is 18.4. The summed E-state index contributed by atoms with van der Waals surface area (Å²) >= 11 is 0. The molecule has 1 aliphatic heterocycles. The van der Waals surface area contributed by atoms with Gasteiger partial charge in [0.15, 0.2) is 5.96 Å². The third-order valence-electron chi connectivity index (χ3n) is 5.11. The number of carbonyl (C=O) groups is 1. The summed E-state index contributed by atoms with van der Waals surface area (Å²) in [5.74, 6) is 0.492. The topological polar surface area (TPSA) is 113 Å². The third kappa shape index (κ3) is 6.53. The Kier molecular flexibility index (Phi) is 7.64. The lowest BCUT2D eigenvalue weighted by Gasteiger charge is -2.23. The molecule has 4 N–H and O–H groups in total. The highest BCUT2D eigenvalue weighted by Crippen LogP contribution is 2.19. The fourth-order valence-corrected chi connectivity index (χ4v) is 3.32. The molecule has 1 amide bonds. The highest BCUT2D eigenvalue weighted by molar-refractivity contribution is 5.94. The summed E-state index contributed by atoms with van der Waals surface area (Å²) in [4.78, 5) is 16.9. The number of benzene rings is 1. The lowest BCUT2D eigenvalue weighted by atomic mass is 10.00. The Labute approximate surface area is 182 Å². The highest BCUT2D eigenvalue weighted by Gasteiger charge is 2.25. The molecule has 3 rings (SSSR count). The number of carbonyl (C=O) groups excluding carboxylic acids is 1. The number of amides is 1. The largest absolute Gasteiger partial charge is 0.383 e. The van der Waals surface area contributed by atoms with Gasteiger partial charge in [0, 0.05) is 37.6 Å². The lowest BCUT2D eigenvalue weighted by molar-refractivity contribution is -0.124. The van der Waals surface area contributed by atoms with E-state index in [-0.39, 0.29) is 18.6 Å². The van der Waals surface area contributed by atoms with Crippen molar-refractivity contribution in [2.45, 2.75) is 44.9 Å². The van der Waals surface area contributed by atoms with Gasteiger partial charge < -0.3 is 25.8 Å². The van der Waals surface area contributed by atoms with E-state index in [1.54, 1.807) is 24.0 Å². The number of rotatable bonds is 8. The van der Waals surface area contributed by atoms with Gasteiger partial charge in [0.25, 0.3) is 5.91 Å². The normalized spacial score (nSPS) is 18.5. The lowest BCUT2D eigenvalue weighted by Crippen LogP contribution is -2.44. The van der Waals surface area contributed by atoms with Gasteiger partial charge in [-0.1, -0.05) is 12.1 Å². The van der Waals surface area contributed by atoms with E-state index >= 15 is 0 Å². The minimum absolute atomic E-state index is 0.106. The van der Waals surface area contributed by atoms with E-state index in [9.17, 15) is 9.90 Å². The number of ether oxygens (including phenoxy) is 1. The van der Waals surface area contributed by atoms with Gasteiger partial charge in [-0.3, -0.25) is 9.48 Å². The molecule has 0 saturated carbocycles. The Morgan fingerprint density at radius 3 is 2.94 bits per heavy atom. The summed E-state index contributed by atoms with van der Waals surface area (Å²) in [5.41, 5.74) is 1.33. The molecule has 2 atom stereocenters. The van der Waals surface area contributed by atoms with Crippen molar-refractivity contribution in [3.8, 4) is 0 Å². The molecule has 2 aromatic rings. The van der Waals surface area contributed by atoms with Gasteiger partial charge in [0.2, 0.25) is 0 Å². The minimum Gasteiger partial charge on any atom is -0.383 e. The van der Waals surface area contributed by atoms with E-state index in [0.717, 1.165) is 29.7 Å². The standard InChI is InChI=1S/C22H32N6O3/c1-4-23-21(25-15-22(2,30)17-13-26-28(3)14-17)24-12-16-7-5-8-18(11-16)27-20(29)19-9-6-10-31-19/h5,7-8,11,13-14,19,30H,4,6,9-10,12,15H2,1-3H3,(H,27,29)(H2,23,24,25). The number of anilines is 1. The van der Waals surface area contributed by atoms with Crippen molar-refractivity contribution in [1.82, 2.24) is 20.4 Å². The average molecular weight is 429 g/mol. The van der Waals surface area contributed by atoms with Gasteiger partial charge in [-0.2, -0.15) is 5.10 Å². The van der Waals surface area contributed by atoms with Crippen molar-refractivity contribution >= 4 is 17.6 Å². The number of hydrogen-bond donors (Lipinski definition) is 4. The fraction of sp³-hybridized carbons (Fsp3) is 0.500. The molecule has 0 radical (unpaired) electrons. The van der Waals surface area contributed by atoms with Crippen molar-refractivity contribution in [3.63, 3.8) is 0 Å². The van der Waals surface area contributed by atoms with Crippen LogP contribution in [0.1, 0.15) is 37.8 Å². The molecule has 1 aromatic carbocycles. The molecule has 1 saturated heterocycles. The van der Waals surface area contributed by atoms with Crippen LogP contribution in [-0.2, 0) is 28.7 Å². The molecular formula is C22H32N6O3. The average Bonchev–Trinajstić information content (AvgIpc) is 3.43. The van der Waals surface area contributed by atoms with Crippen LogP contribution in [0.15, 0.2) is 41.7 Å². The number of aliphatic imine (C=N–C) groups is 1. The second-order valence-electron chi connectivity index (χ2n) is 7.92. The Hall–Kier alpha value is -2.91. The molecule has 9 heteroatoms. The van der Waals surface area contributed by atoms with Gasteiger partial charge in [-0.05, 0) is 44.4 Å². The second kappa shape index (κ2) is 10.4. The van der Waals surface area contributed by atoms with E-state index in [1.165, 1.54) is 0 Å². The highest BCUT2D eigenvalue weighted by atomic mass is 16.5. The zero-order valence-electron chi connectivity index (χ0n) is 18.4. The van der Waals surface area contributed by atoms with Gasteiger partial charge in [-0.15, -0.1) is 0 Å². The number of nitrogens with zero attached hydrogens (tertiary/aromatic N) is 3. The molecule has 0 spiro atoms. The Balaban J connectivity index is 1.60. The minimum atomic E-state index is -1.09. The van der Waals surface area contributed by atoms with Crippen LogP contribution in [0.4, 0.5) is 5.69 Å². The van der Waals surface area contributed by atoms with E-state index < -0.39 is 5.60 Å². The molecule has 2 heterocycles. The molecule has 0 aliphatic carbocycles. The smallest absolute Gasteiger partial charge is 0.253 e. The van der Waals surface area contributed by atoms with Crippen LogP contribution in [0.2, 0.25) is 0 Å². The van der Waals surface area contributed by atoms with Crippen LogP contribution in [-0.4, -0.2) is 52.6 Å². The van der Waals surface area contributed by atoms with Crippen molar-refractivity contribution in [3.05, 3.63) is 47.8 Å². The predicted octanol–water partition coefficient (Wildman–Crippen LogP) is 1.50. The second-order valence-corrected chi connectivity index (χ2v) is 7.92. The SMILES string of the molecule is CCNC(=NCc1cccc(NC(=O)C2CCCO2)c1)NCC(C)(O)c1cnn(C)c1. The van der Waals surface area contributed by atoms with E-state index in [4.69, 9.17) is 4.74 Å². The molecule has 9 nitrogen and oxygen atoms in total. The number of aryl methyl sites for hydroxylation is 1. The molecule has 31 heavy (non-hydrogen) atoms. The fourth-order valence-electron chi connectivity index (χ4n) is 3.32. The predicted molar refractivity (Wildman–Crippen MR) is 120 cm³/mol. The van der Waals surface area contributed by atoms with Crippen molar-refractivity contribution in [2.75, 3.05) is 25.0 Å². The van der Waals surface area contributed by atoms with Crippen LogP contribution in [0.3, 0.4) is 0 Å². The van der Waals surface area contributed by atoms with Crippen molar-refractivity contribution in [1.29, 1.82) is 0 Å². The molecule has 1 aliphatic rings. The van der Waals surface area contributed by atoms with E-state index in [0.29, 0.717) is 25.7 Å². The van der Waals surface area contributed by atoms with Crippen molar-refractivity contribution in [2.24, 2.45) is 12.0 Å². The first-order valence-electron chi connectivity index (χ1n) is 10.6. The van der Waals surface area contributed by atoms with Gasteiger partial charge >= 0.3 is 0 Å². The van der Waals surface area contributed by atoms with Gasteiger partial charge in [0.05, 0.1) is 19.3 Å². The number of nitrogens with one attached hydrogen (secondary N) is 3. The first-order valence-corrected chi connectivity index (χ1v) is 10.6. The van der Waals surface area contributed by atoms with E-state index in [1.807, 2.05) is 38.2 Å². The molecular weight excluding hydrogens is 396 g/mol. The number of hydrogen-bond acceptors (Lipinski definition) is 5. The maximum atomic E-state index is 12.3. The summed E-state index contributed by atoms with van der Waals surface area (Å²) in [6, 6.07) is 7.62. The van der Waals surface area contributed by atoms with Crippen molar-refractivity contribution < 1.29 is 14.6 Å². The molecule has 1 aromatic heterocycles. The van der Waals surface area contributed by atoms with Crippen LogP contribution in [0.5, 0.6) is 0 Å². The third-order valence-corrected chi connectivity index (χ3v) is 5.11. The number of guanidine groups is 1. The Bertz CT molecular complexity index is 902. The van der Waals surface area contributed by atoms with Crippen LogP contribution >= 0.6 is 0 Å². The maximum absolute atomic E-state index is 12.3. The van der Waals surface area contributed by atoms with Crippen LogP contribution in [0.25, 0.3) is 0 Å². The molecule has 1 fully saturated rings. The Morgan fingerprint density at radius 2 is 2.26 bits per heavy atom. The first-order chi connectivity index (χ1) is 14.9. The first kappa shape index (κ1) is 22.8. The summed E-state index contributed by atoms with van der Waals surface area (Å²) in [6.45, 7) is 5.76. The quantitative estimate of drug-likeness (QED) is 0.374. The number of aliphatic hydroxyl groups is 1.